The minimum Gasteiger partial charge on any atom is -0.310 e. The molecule has 2 rings (SSSR count). The van der Waals surface area contributed by atoms with Gasteiger partial charge in [-0.2, -0.15) is 0 Å². The van der Waals surface area contributed by atoms with Crippen LogP contribution in [0.4, 0.5) is 13.2 Å². The predicted molar refractivity (Wildman–Crippen MR) is 73.7 cm³/mol. The summed E-state index contributed by atoms with van der Waals surface area (Å²) < 4.78 is 40.4. The molecule has 1 nitrogen and oxygen atoms in total. The van der Waals surface area contributed by atoms with Crippen molar-refractivity contribution in [1.82, 2.24) is 5.32 Å². The summed E-state index contributed by atoms with van der Waals surface area (Å²) >= 11 is 0. The molecule has 0 amide bonds. The van der Waals surface area contributed by atoms with Gasteiger partial charge in [-0.3, -0.25) is 0 Å². The highest BCUT2D eigenvalue weighted by Crippen LogP contribution is 2.25. The molecule has 0 aliphatic heterocycles. The summed E-state index contributed by atoms with van der Waals surface area (Å²) in [6, 6.07) is 7.98. The summed E-state index contributed by atoms with van der Waals surface area (Å²) in [5.74, 6) is -1.92. The molecule has 0 aliphatic rings. The lowest BCUT2D eigenvalue weighted by Gasteiger charge is -2.10. The van der Waals surface area contributed by atoms with Gasteiger partial charge in [0, 0.05) is 24.2 Å². The first-order valence-electron chi connectivity index (χ1n) is 6.44. The molecule has 0 aromatic heterocycles. The van der Waals surface area contributed by atoms with Crippen molar-refractivity contribution in [2.24, 2.45) is 0 Å². The average molecular weight is 279 g/mol. The van der Waals surface area contributed by atoms with Crippen LogP contribution in [0.15, 0.2) is 36.4 Å². The molecule has 0 radical (unpaired) electrons. The fraction of sp³-hybridized carbons (Fsp3) is 0.250. The topological polar surface area (TPSA) is 12.0 Å². The predicted octanol–water partition coefficient (Wildman–Crippen LogP) is 4.27. The molecule has 106 valence electrons. The van der Waals surface area contributed by atoms with Gasteiger partial charge in [0.05, 0.1) is 0 Å². The highest BCUT2D eigenvalue weighted by molar-refractivity contribution is 5.64. The first kappa shape index (κ1) is 14.6. The molecule has 2 aromatic rings. The molecular formula is C16H16F3N. The zero-order chi connectivity index (χ0) is 14.7. The third kappa shape index (κ3) is 3.61. The quantitative estimate of drug-likeness (QED) is 0.881. The van der Waals surface area contributed by atoms with E-state index < -0.39 is 17.5 Å². The van der Waals surface area contributed by atoms with Crippen molar-refractivity contribution in [3.63, 3.8) is 0 Å². The summed E-state index contributed by atoms with van der Waals surface area (Å²) in [5, 5.41) is 3.18. The second kappa shape index (κ2) is 6.09. The molecular weight excluding hydrogens is 263 g/mol. The van der Waals surface area contributed by atoms with Gasteiger partial charge < -0.3 is 5.32 Å². The van der Waals surface area contributed by atoms with Crippen molar-refractivity contribution >= 4 is 0 Å². The number of halogens is 3. The Hall–Kier alpha value is -1.81. The van der Waals surface area contributed by atoms with Crippen LogP contribution in [0.1, 0.15) is 19.4 Å². The number of benzene rings is 2. The standard InChI is InChI=1S/C16H16F3N/c1-10(2)20-9-11-3-4-15(16(19)5-11)12-6-13(17)8-14(18)7-12/h3-8,10,20H,9H2,1-2H3. The Morgan fingerprint density at radius 3 is 2.15 bits per heavy atom. The van der Waals surface area contributed by atoms with Crippen LogP contribution < -0.4 is 5.32 Å². The Kier molecular flexibility index (Phi) is 4.45. The van der Waals surface area contributed by atoms with Crippen LogP contribution in [-0.2, 0) is 6.54 Å². The summed E-state index contributed by atoms with van der Waals surface area (Å²) in [5.41, 5.74) is 1.18. The summed E-state index contributed by atoms with van der Waals surface area (Å²) in [4.78, 5) is 0. The lowest BCUT2D eigenvalue weighted by molar-refractivity contribution is 0.580. The Balaban J connectivity index is 2.29. The van der Waals surface area contributed by atoms with E-state index in [9.17, 15) is 13.2 Å². The average Bonchev–Trinajstić information content (AvgIpc) is 2.35. The van der Waals surface area contributed by atoms with Gasteiger partial charge in [-0.1, -0.05) is 26.0 Å². The Morgan fingerprint density at radius 1 is 0.950 bits per heavy atom. The molecule has 20 heavy (non-hydrogen) atoms. The zero-order valence-corrected chi connectivity index (χ0v) is 11.4. The molecule has 0 atom stereocenters. The van der Waals surface area contributed by atoms with E-state index in [0.29, 0.717) is 12.6 Å². The van der Waals surface area contributed by atoms with E-state index in [1.807, 2.05) is 13.8 Å². The van der Waals surface area contributed by atoms with Crippen LogP contribution in [0.3, 0.4) is 0 Å². The molecule has 1 N–H and O–H groups in total. The zero-order valence-electron chi connectivity index (χ0n) is 11.4. The maximum absolute atomic E-state index is 14.1. The lowest BCUT2D eigenvalue weighted by Crippen LogP contribution is -2.21. The van der Waals surface area contributed by atoms with Gasteiger partial charge in [-0.25, -0.2) is 13.2 Å². The van der Waals surface area contributed by atoms with Gasteiger partial charge in [0.15, 0.2) is 0 Å². The van der Waals surface area contributed by atoms with Gasteiger partial charge >= 0.3 is 0 Å². The molecule has 0 bridgehead atoms. The monoisotopic (exact) mass is 279 g/mol. The van der Waals surface area contributed by atoms with Crippen molar-refractivity contribution in [1.29, 1.82) is 0 Å². The molecule has 0 heterocycles. The van der Waals surface area contributed by atoms with Crippen molar-refractivity contribution in [3.05, 3.63) is 59.4 Å². The van der Waals surface area contributed by atoms with Crippen LogP contribution in [0.2, 0.25) is 0 Å². The van der Waals surface area contributed by atoms with Crippen molar-refractivity contribution in [2.45, 2.75) is 26.4 Å². The second-order valence-electron chi connectivity index (χ2n) is 5.01. The number of hydrogen-bond acceptors (Lipinski definition) is 1. The van der Waals surface area contributed by atoms with Crippen LogP contribution in [0.25, 0.3) is 11.1 Å². The molecule has 0 aliphatic carbocycles. The SMILES string of the molecule is CC(C)NCc1ccc(-c2cc(F)cc(F)c2)c(F)c1. The summed E-state index contributed by atoms with van der Waals surface area (Å²) in [6.45, 7) is 4.55. The normalized spacial score (nSPS) is 11.1. The second-order valence-corrected chi connectivity index (χ2v) is 5.01. The number of nitrogens with one attached hydrogen (secondary N) is 1. The number of hydrogen-bond donors (Lipinski definition) is 1. The van der Waals surface area contributed by atoms with E-state index in [1.54, 1.807) is 12.1 Å². The minimum absolute atomic E-state index is 0.191. The first-order valence-corrected chi connectivity index (χ1v) is 6.44. The van der Waals surface area contributed by atoms with E-state index in [-0.39, 0.29) is 11.1 Å². The van der Waals surface area contributed by atoms with Gasteiger partial charge in [0.2, 0.25) is 0 Å². The van der Waals surface area contributed by atoms with Crippen molar-refractivity contribution < 1.29 is 13.2 Å². The molecule has 0 saturated carbocycles. The first-order chi connectivity index (χ1) is 9.45. The summed E-state index contributed by atoms with van der Waals surface area (Å²) in [6.07, 6.45) is 0. The smallest absolute Gasteiger partial charge is 0.131 e. The van der Waals surface area contributed by atoms with Crippen LogP contribution in [0, 0.1) is 17.5 Å². The third-order valence-corrected chi connectivity index (χ3v) is 2.92. The van der Waals surface area contributed by atoms with Gasteiger partial charge in [-0.15, -0.1) is 0 Å². The maximum atomic E-state index is 14.1. The summed E-state index contributed by atoms with van der Waals surface area (Å²) in [7, 11) is 0. The highest BCUT2D eigenvalue weighted by atomic mass is 19.1. The highest BCUT2D eigenvalue weighted by Gasteiger charge is 2.09. The van der Waals surface area contributed by atoms with Crippen LogP contribution in [0.5, 0.6) is 0 Å². The maximum Gasteiger partial charge on any atom is 0.131 e. The fourth-order valence-electron chi connectivity index (χ4n) is 1.93. The van der Waals surface area contributed by atoms with E-state index in [4.69, 9.17) is 0 Å². The Labute approximate surface area is 116 Å². The minimum atomic E-state index is -0.718. The Morgan fingerprint density at radius 2 is 1.60 bits per heavy atom. The Bertz CT molecular complexity index is 588. The number of rotatable bonds is 4. The molecule has 0 fully saturated rings. The van der Waals surface area contributed by atoms with Crippen LogP contribution >= 0.6 is 0 Å². The van der Waals surface area contributed by atoms with Gasteiger partial charge in [0.25, 0.3) is 0 Å². The fourth-order valence-corrected chi connectivity index (χ4v) is 1.93. The van der Waals surface area contributed by atoms with E-state index in [2.05, 4.69) is 5.32 Å². The molecule has 4 heteroatoms. The molecule has 2 aromatic carbocycles. The third-order valence-electron chi connectivity index (χ3n) is 2.92. The lowest BCUT2D eigenvalue weighted by atomic mass is 10.0. The van der Waals surface area contributed by atoms with Gasteiger partial charge in [0.1, 0.15) is 17.5 Å². The molecule has 0 saturated heterocycles. The van der Waals surface area contributed by atoms with E-state index in [0.717, 1.165) is 23.8 Å². The van der Waals surface area contributed by atoms with Crippen molar-refractivity contribution in [3.8, 4) is 11.1 Å². The van der Waals surface area contributed by atoms with Gasteiger partial charge in [-0.05, 0) is 29.3 Å². The largest absolute Gasteiger partial charge is 0.310 e. The molecule has 0 unspecified atom stereocenters. The molecule has 0 spiro atoms. The van der Waals surface area contributed by atoms with E-state index >= 15 is 0 Å². The van der Waals surface area contributed by atoms with Crippen molar-refractivity contribution in [2.75, 3.05) is 0 Å². The van der Waals surface area contributed by atoms with E-state index in [1.165, 1.54) is 6.07 Å². The van der Waals surface area contributed by atoms with Crippen LogP contribution in [-0.4, -0.2) is 6.04 Å².